The molecule has 32 heavy (non-hydrogen) atoms. The summed E-state index contributed by atoms with van der Waals surface area (Å²) in [6.45, 7) is 1.93. The number of nitrogens with one attached hydrogen (secondary N) is 2. The van der Waals surface area contributed by atoms with Crippen LogP contribution >= 0.6 is 24.0 Å². The molecule has 0 amide bonds. The predicted octanol–water partition coefficient (Wildman–Crippen LogP) is 4.68. The molecule has 3 rings (SSSR count). The van der Waals surface area contributed by atoms with Crippen LogP contribution in [0.4, 0.5) is 13.2 Å². The van der Waals surface area contributed by atoms with Gasteiger partial charge in [0.05, 0.1) is 0 Å². The maximum absolute atomic E-state index is 14.1. The molecule has 2 aromatic rings. The van der Waals surface area contributed by atoms with Crippen LogP contribution in [0.15, 0.2) is 47.5 Å². The van der Waals surface area contributed by atoms with E-state index in [0.29, 0.717) is 5.96 Å². The van der Waals surface area contributed by atoms with Crippen molar-refractivity contribution in [3.05, 3.63) is 65.0 Å². The van der Waals surface area contributed by atoms with Gasteiger partial charge in [-0.05, 0) is 37.5 Å². The quantitative estimate of drug-likeness (QED) is 0.293. The molecule has 176 valence electrons. The molecule has 1 fully saturated rings. The maximum Gasteiger partial charge on any atom is 0.387 e. The third kappa shape index (κ3) is 7.84. The summed E-state index contributed by atoms with van der Waals surface area (Å²) in [5.74, 6) is -0.281. The second-order valence-electron chi connectivity index (χ2n) is 7.70. The molecular weight excluding hydrogens is 532 g/mol. The van der Waals surface area contributed by atoms with Crippen molar-refractivity contribution in [3.8, 4) is 5.75 Å². The van der Waals surface area contributed by atoms with Crippen molar-refractivity contribution in [3.63, 3.8) is 0 Å². The minimum Gasteiger partial charge on any atom is -0.434 e. The second-order valence-corrected chi connectivity index (χ2v) is 7.70. The highest BCUT2D eigenvalue weighted by molar-refractivity contribution is 14.0. The number of hydrogen-bond acceptors (Lipinski definition) is 3. The number of hydrogen-bond donors (Lipinski definition) is 2. The maximum atomic E-state index is 14.1. The number of aryl methyl sites for hydroxylation is 1. The van der Waals surface area contributed by atoms with Crippen LogP contribution in [0.5, 0.6) is 5.75 Å². The molecule has 9 heteroatoms. The molecule has 0 aliphatic carbocycles. The zero-order valence-electron chi connectivity index (χ0n) is 18.3. The van der Waals surface area contributed by atoms with Crippen molar-refractivity contribution >= 4 is 29.9 Å². The van der Waals surface area contributed by atoms with E-state index in [2.05, 4.69) is 56.5 Å². The molecule has 0 spiro atoms. The number of nitrogens with zero attached hydrogens (tertiary/aromatic N) is 2. The number of alkyl halides is 2. The van der Waals surface area contributed by atoms with E-state index < -0.39 is 12.4 Å². The molecule has 1 heterocycles. The van der Waals surface area contributed by atoms with Crippen LogP contribution < -0.4 is 15.4 Å². The Balaban J connectivity index is 0.00000363. The van der Waals surface area contributed by atoms with E-state index in [-0.39, 0.29) is 47.9 Å². The topological polar surface area (TPSA) is 48.9 Å². The fourth-order valence-corrected chi connectivity index (χ4v) is 3.78. The van der Waals surface area contributed by atoms with Gasteiger partial charge in [0.15, 0.2) is 5.96 Å². The lowest BCUT2D eigenvalue weighted by Crippen LogP contribution is -2.48. The van der Waals surface area contributed by atoms with Crippen molar-refractivity contribution < 1.29 is 17.9 Å². The highest BCUT2D eigenvalue weighted by Crippen LogP contribution is 2.23. The molecule has 1 aliphatic rings. The van der Waals surface area contributed by atoms with Gasteiger partial charge < -0.3 is 15.4 Å². The summed E-state index contributed by atoms with van der Waals surface area (Å²) in [6, 6.07) is 12.7. The summed E-state index contributed by atoms with van der Waals surface area (Å²) < 4.78 is 43.7. The number of ether oxygens (including phenoxy) is 1. The Morgan fingerprint density at radius 1 is 1.19 bits per heavy atom. The number of aliphatic imine (C=N–C) groups is 1. The number of likely N-dealkylation sites (tertiary alicyclic amines) is 1. The van der Waals surface area contributed by atoms with Crippen molar-refractivity contribution in [1.82, 2.24) is 15.5 Å². The molecule has 2 aromatic carbocycles. The molecular formula is C23H30F3IN4O. The smallest absolute Gasteiger partial charge is 0.387 e. The van der Waals surface area contributed by atoms with Crippen molar-refractivity contribution in [2.45, 2.75) is 45.5 Å². The fraction of sp³-hybridized carbons (Fsp3) is 0.435. The molecule has 1 saturated heterocycles. The fourth-order valence-electron chi connectivity index (χ4n) is 3.78. The normalized spacial score (nSPS) is 15.4. The molecule has 0 saturated carbocycles. The summed E-state index contributed by atoms with van der Waals surface area (Å²) in [5.41, 5.74) is 2.62. The van der Waals surface area contributed by atoms with E-state index in [1.54, 1.807) is 7.05 Å². The van der Waals surface area contributed by atoms with Gasteiger partial charge in [0.25, 0.3) is 0 Å². The Kier molecular flexibility index (Phi) is 10.6. The zero-order chi connectivity index (χ0) is 22.2. The van der Waals surface area contributed by atoms with Crippen molar-refractivity contribution in [2.75, 3.05) is 20.1 Å². The van der Waals surface area contributed by atoms with Gasteiger partial charge in [0.1, 0.15) is 11.6 Å². The zero-order valence-corrected chi connectivity index (χ0v) is 20.6. The second kappa shape index (κ2) is 12.9. The van der Waals surface area contributed by atoms with E-state index in [1.165, 1.54) is 29.3 Å². The first-order valence-corrected chi connectivity index (χ1v) is 10.4. The van der Waals surface area contributed by atoms with Gasteiger partial charge in [-0.1, -0.05) is 35.9 Å². The summed E-state index contributed by atoms with van der Waals surface area (Å²) in [4.78, 5) is 6.61. The van der Waals surface area contributed by atoms with Crippen LogP contribution in [-0.4, -0.2) is 43.6 Å². The van der Waals surface area contributed by atoms with Gasteiger partial charge in [-0.2, -0.15) is 8.78 Å². The molecule has 0 unspecified atom stereocenters. The largest absolute Gasteiger partial charge is 0.434 e. The predicted molar refractivity (Wildman–Crippen MR) is 131 cm³/mol. The van der Waals surface area contributed by atoms with Gasteiger partial charge in [-0.15, -0.1) is 24.0 Å². The number of benzene rings is 2. The van der Waals surface area contributed by atoms with Crippen LogP contribution in [0.3, 0.4) is 0 Å². The Morgan fingerprint density at radius 2 is 1.91 bits per heavy atom. The first-order valence-electron chi connectivity index (χ1n) is 10.4. The Morgan fingerprint density at radius 3 is 2.56 bits per heavy atom. The average molecular weight is 562 g/mol. The average Bonchev–Trinajstić information content (AvgIpc) is 2.73. The van der Waals surface area contributed by atoms with Gasteiger partial charge in [0, 0.05) is 44.8 Å². The monoisotopic (exact) mass is 562 g/mol. The minimum atomic E-state index is -3.01. The number of rotatable bonds is 7. The molecule has 1 aliphatic heterocycles. The Hall–Kier alpha value is -2.01. The van der Waals surface area contributed by atoms with E-state index in [4.69, 9.17) is 0 Å². The highest BCUT2D eigenvalue weighted by Gasteiger charge is 2.21. The van der Waals surface area contributed by atoms with Crippen LogP contribution in [-0.2, 0) is 13.1 Å². The molecule has 0 bridgehead atoms. The third-order valence-corrected chi connectivity index (χ3v) is 5.37. The van der Waals surface area contributed by atoms with Gasteiger partial charge in [0.2, 0.25) is 0 Å². The lowest BCUT2D eigenvalue weighted by Gasteiger charge is -2.33. The standard InChI is InChI=1S/C23H29F3N4O.HI/c1-16-5-3-6-17(13-16)15-30-11-9-18(10-12-30)29-23(27-2)28-14-19-20(24)7-4-8-21(19)31-22(25)26;/h3-8,13,18,22H,9-12,14-15H2,1-2H3,(H2,27,28,29);1H. The molecule has 0 atom stereocenters. The molecule has 2 N–H and O–H groups in total. The van der Waals surface area contributed by atoms with E-state index in [9.17, 15) is 13.2 Å². The van der Waals surface area contributed by atoms with Crippen LogP contribution in [0.25, 0.3) is 0 Å². The molecule has 0 radical (unpaired) electrons. The van der Waals surface area contributed by atoms with Gasteiger partial charge >= 0.3 is 6.61 Å². The first kappa shape index (κ1) is 26.2. The number of piperidine rings is 1. The highest BCUT2D eigenvalue weighted by atomic mass is 127. The lowest BCUT2D eigenvalue weighted by atomic mass is 10.0. The summed E-state index contributed by atoms with van der Waals surface area (Å²) in [6.07, 6.45) is 1.90. The third-order valence-electron chi connectivity index (χ3n) is 5.37. The van der Waals surface area contributed by atoms with E-state index >= 15 is 0 Å². The summed E-state index contributed by atoms with van der Waals surface area (Å²) in [7, 11) is 1.63. The number of halogens is 4. The van der Waals surface area contributed by atoms with Gasteiger partial charge in [-0.25, -0.2) is 4.39 Å². The van der Waals surface area contributed by atoms with E-state index in [0.717, 1.165) is 32.5 Å². The molecule has 5 nitrogen and oxygen atoms in total. The Labute approximate surface area is 204 Å². The van der Waals surface area contributed by atoms with Crippen LogP contribution in [0.2, 0.25) is 0 Å². The SMILES string of the molecule is CN=C(NCc1c(F)cccc1OC(F)F)NC1CCN(Cc2cccc(C)c2)CC1.I. The minimum absolute atomic E-state index is 0. The van der Waals surface area contributed by atoms with E-state index in [1.807, 2.05) is 0 Å². The molecule has 0 aromatic heterocycles. The first-order chi connectivity index (χ1) is 14.9. The lowest BCUT2D eigenvalue weighted by molar-refractivity contribution is -0.0506. The van der Waals surface area contributed by atoms with Crippen LogP contribution in [0.1, 0.15) is 29.5 Å². The summed E-state index contributed by atoms with van der Waals surface area (Å²) >= 11 is 0. The van der Waals surface area contributed by atoms with Gasteiger partial charge in [-0.3, -0.25) is 9.89 Å². The summed E-state index contributed by atoms with van der Waals surface area (Å²) in [5, 5.41) is 6.36. The van der Waals surface area contributed by atoms with Crippen molar-refractivity contribution in [2.24, 2.45) is 4.99 Å². The van der Waals surface area contributed by atoms with Crippen LogP contribution in [0, 0.1) is 12.7 Å². The Bertz CT molecular complexity index is 889. The van der Waals surface area contributed by atoms with Crippen molar-refractivity contribution in [1.29, 1.82) is 0 Å². The number of guanidine groups is 1.